The SMILES string of the molecule is COc1cc(-c2ncc3c(n2)CC(C)(C)CC3=O)ncn1. The van der Waals surface area contributed by atoms with Crippen molar-refractivity contribution in [2.24, 2.45) is 5.41 Å². The van der Waals surface area contributed by atoms with E-state index in [0.717, 1.165) is 12.1 Å². The van der Waals surface area contributed by atoms with Gasteiger partial charge in [-0.15, -0.1) is 0 Å². The van der Waals surface area contributed by atoms with Crippen LogP contribution in [0.5, 0.6) is 5.88 Å². The zero-order valence-electron chi connectivity index (χ0n) is 12.3. The Bertz CT molecular complexity index is 713. The van der Waals surface area contributed by atoms with E-state index in [4.69, 9.17) is 4.74 Å². The molecular weight excluding hydrogens is 268 g/mol. The molecule has 0 radical (unpaired) electrons. The Morgan fingerprint density at radius 2 is 2.00 bits per heavy atom. The van der Waals surface area contributed by atoms with Crippen molar-refractivity contribution in [1.29, 1.82) is 0 Å². The third kappa shape index (κ3) is 2.61. The molecule has 0 unspecified atom stereocenters. The molecule has 0 atom stereocenters. The number of methoxy groups -OCH3 is 1. The molecule has 3 rings (SSSR count). The summed E-state index contributed by atoms with van der Waals surface area (Å²) in [4.78, 5) is 29.0. The average molecular weight is 284 g/mol. The second-order valence-corrected chi connectivity index (χ2v) is 5.94. The minimum Gasteiger partial charge on any atom is -0.481 e. The third-order valence-electron chi connectivity index (χ3n) is 3.53. The Hall–Kier alpha value is -2.37. The highest BCUT2D eigenvalue weighted by atomic mass is 16.5. The maximum Gasteiger partial charge on any atom is 0.216 e. The molecule has 0 fully saturated rings. The molecule has 0 aliphatic heterocycles. The zero-order chi connectivity index (χ0) is 15.0. The van der Waals surface area contributed by atoms with Gasteiger partial charge in [-0.2, -0.15) is 0 Å². The van der Waals surface area contributed by atoms with Crippen LogP contribution < -0.4 is 4.74 Å². The first-order chi connectivity index (χ1) is 9.98. The largest absolute Gasteiger partial charge is 0.481 e. The highest BCUT2D eigenvalue weighted by Crippen LogP contribution is 2.34. The van der Waals surface area contributed by atoms with Gasteiger partial charge in [-0.05, 0) is 11.8 Å². The number of hydrogen-bond donors (Lipinski definition) is 0. The third-order valence-corrected chi connectivity index (χ3v) is 3.53. The van der Waals surface area contributed by atoms with Gasteiger partial charge < -0.3 is 4.74 Å². The monoisotopic (exact) mass is 284 g/mol. The Morgan fingerprint density at radius 1 is 1.19 bits per heavy atom. The van der Waals surface area contributed by atoms with Crippen molar-refractivity contribution in [3.8, 4) is 17.4 Å². The van der Waals surface area contributed by atoms with Crippen LogP contribution in [0.25, 0.3) is 11.5 Å². The van der Waals surface area contributed by atoms with Gasteiger partial charge in [-0.1, -0.05) is 13.8 Å². The quantitative estimate of drug-likeness (QED) is 0.840. The van der Waals surface area contributed by atoms with E-state index in [2.05, 4.69) is 33.8 Å². The molecule has 0 bridgehead atoms. The number of nitrogens with zero attached hydrogens (tertiary/aromatic N) is 4. The van der Waals surface area contributed by atoms with Crippen molar-refractivity contribution in [2.75, 3.05) is 7.11 Å². The van der Waals surface area contributed by atoms with Gasteiger partial charge in [-0.25, -0.2) is 19.9 Å². The highest BCUT2D eigenvalue weighted by molar-refractivity contribution is 5.98. The zero-order valence-corrected chi connectivity index (χ0v) is 12.3. The van der Waals surface area contributed by atoms with Crippen LogP contribution in [0.1, 0.15) is 36.3 Å². The number of carbonyl (C=O) groups excluding carboxylic acids is 1. The molecule has 0 saturated heterocycles. The summed E-state index contributed by atoms with van der Waals surface area (Å²) in [5.74, 6) is 1.05. The number of carbonyl (C=O) groups is 1. The molecule has 21 heavy (non-hydrogen) atoms. The fraction of sp³-hybridized carbons (Fsp3) is 0.400. The standard InChI is InChI=1S/C15H16N4O2/c1-15(2)5-11-9(12(20)6-15)7-16-14(19-11)10-4-13(21-3)18-8-17-10/h4,7-8H,5-6H2,1-3H3. The summed E-state index contributed by atoms with van der Waals surface area (Å²) >= 11 is 0. The molecular formula is C15H16N4O2. The normalized spacial score (nSPS) is 16.4. The Balaban J connectivity index is 2.05. The molecule has 2 aromatic rings. The maximum absolute atomic E-state index is 12.1. The van der Waals surface area contributed by atoms with Crippen molar-refractivity contribution >= 4 is 5.78 Å². The van der Waals surface area contributed by atoms with Crippen LogP contribution in [0.3, 0.4) is 0 Å². The fourth-order valence-corrected chi connectivity index (χ4v) is 2.53. The molecule has 6 heteroatoms. The first kappa shape index (κ1) is 13.6. The lowest BCUT2D eigenvalue weighted by Gasteiger charge is -2.29. The minimum absolute atomic E-state index is 0.0704. The molecule has 0 N–H and O–H groups in total. The van der Waals surface area contributed by atoms with Gasteiger partial charge in [0.25, 0.3) is 0 Å². The van der Waals surface area contributed by atoms with Crippen LogP contribution >= 0.6 is 0 Å². The van der Waals surface area contributed by atoms with Crippen LogP contribution in [-0.4, -0.2) is 32.8 Å². The number of ketones is 1. The topological polar surface area (TPSA) is 77.9 Å². The van der Waals surface area contributed by atoms with E-state index < -0.39 is 0 Å². The number of ether oxygens (including phenoxy) is 1. The van der Waals surface area contributed by atoms with E-state index in [1.807, 2.05) is 0 Å². The smallest absolute Gasteiger partial charge is 0.216 e. The van der Waals surface area contributed by atoms with Gasteiger partial charge in [0.05, 0.1) is 18.4 Å². The lowest BCUT2D eigenvalue weighted by atomic mass is 9.76. The summed E-state index contributed by atoms with van der Waals surface area (Å²) in [5.41, 5.74) is 1.93. The summed E-state index contributed by atoms with van der Waals surface area (Å²) in [5, 5.41) is 0. The second-order valence-electron chi connectivity index (χ2n) is 5.94. The van der Waals surface area contributed by atoms with Crippen LogP contribution in [0.15, 0.2) is 18.6 Å². The number of hydrogen-bond acceptors (Lipinski definition) is 6. The predicted octanol–water partition coefficient (Wildman–Crippen LogP) is 2.10. The van der Waals surface area contributed by atoms with Gasteiger partial charge in [0, 0.05) is 18.7 Å². The molecule has 0 saturated carbocycles. The summed E-state index contributed by atoms with van der Waals surface area (Å²) in [6.45, 7) is 4.15. The second kappa shape index (κ2) is 4.87. The first-order valence-electron chi connectivity index (χ1n) is 6.74. The number of rotatable bonds is 2. The van der Waals surface area contributed by atoms with Crippen molar-refractivity contribution in [3.05, 3.63) is 29.8 Å². The van der Waals surface area contributed by atoms with Crippen molar-refractivity contribution in [1.82, 2.24) is 19.9 Å². The van der Waals surface area contributed by atoms with E-state index in [1.165, 1.54) is 6.33 Å². The first-order valence-corrected chi connectivity index (χ1v) is 6.74. The van der Waals surface area contributed by atoms with Crippen LogP contribution in [0.4, 0.5) is 0 Å². The van der Waals surface area contributed by atoms with Gasteiger partial charge in [0.15, 0.2) is 11.6 Å². The fourth-order valence-electron chi connectivity index (χ4n) is 2.53. The molecule has 2 heterocycles. The summed E-state index contributed by atoms with van der Waals surface area (Å²) in [7, 11) is 1.54. The lowest BCUT2D eigenvalue weighted by molar-refractivity contribution is 0.0909. The Labute approximate surface area is 122 Å². The molecule has 0 aromatic carbocycles. The number of Topliss-reactive ketones (excluding diaryl/α,β-unsaturated/α-hetero) is 1. The predicted molar refractivity (Wildman–Crippen MR) is 76.0 cm³/mol. The van der Waals surface area contributed by atoms with Gasteiger partial charge in [0.1, 0.15) is 12.0 Å². The van der Waals surface area contributed by atoms with Gasteiger partial charge in [-0.3, -0.25) is 4.79 Å². The molecule has 0 spiro atoms. The van der Waals surface area contributed by atoms with Crippen molar-refractivity contribution in [2.45, 2.75) is 26.7 Å². The summed E-state index contributed by atoms with van der Waals surface area (Å²) in [6.07, 6.45) is 4.30. The Morgan fingerprint density at radius 3 is 2.76 bits per heavy atom. The molecule has 0 amide bonds. The number of aromatic nitrogens is 4. The summed E-state index contributed by atoms with van der Waals surface area (Å²) in [6, 6.07) is 1.68. The minimum atomic E-state index is -0.0704. The van der Waals surface area contributed by atoms with Gasteiger partial charge in [0.2, 0.25) is 5.88 Å². The van der Waals surface area contributed by atoms with E-state index in [9.17, 15) is 4.79 Å². The molecule has 6 nitrogen and oxygen atoms in total. The van der Waals surface area contributed by atoms with E-state index in [1.54, 1.807) is 19.4 Å². The molecule has 1 aliphatic rings. The molecule has 108 valence electrons. The van der Waals surface area contributed by atoms with Crippen LogP contribution in [0.2, 0.25) is 0 Å². The Kier molecular flexibility index (Phi) is 3.16. The molecule has 1 aliphatic carbocycles. The summed E-state index contributed by atoms with van der Waals surface area (Å²) < 4.78 is 5.08. The van der Waals surface area contributed by atoms with E-state index in [0.29, 0.717) is 29.4 Å². The number of fused-ring (bicyclic) bond motifs is 1. The average Bonchev–Trinajstić information content (AvgIpc) is 2.45. The molecule has 2 aromatic heterocycles. The maximum atomic E-state index is 12.1. The van der Waals surface area contributed by atoms with E-state index in [-0.39, 0.29) is 11.2 Å². The van der Waals surface area contributed by atoms with E-state index >= 15 is 0 Å². The van der Waals surface area contributed by atoms with Crippen molar-refractivity contribution in [3.63, 3.8) is 0 Å². The van der Waals surface area contributed by atoms with Crippen LogP contribution in [-0.2, 0) is 6.42 Å². The van der Waals surface area contributed by atoms with Gasteiger partial charge >= 0.3 is 0 Å². The lowest BCUT2D eigenvalue weighted by Crippen LogP contribution is -2.28. The van der Waals surface area contributed by atoms with Crippen LogP contribution in [0, 0.1) is 5.41 Å². The highest BCUT2D eigenvalue weighted by Gasteiger charge is 2.32. The van der Waals surface area contributed by atoms with Crippen molar-refractivity contribution < 1.29 is 9.53 Å².